The first-order chi connectivity index (χ1) is 7.81. The van der Waals surface area contributed by atoms with Gasteiger partial charge in [0.1, 0.15) is 17.8 Å². The number of benzene rings is 1. The van der Waals surface area contributed by atoms with E-state index in [1.165, 1.54) is 17.1 Å². The van der Waals surface area contributed by atoms with E-state index in [0.717, 1.165) is 0 Å². The zero-order valence-electron chi connectivity index (χ0n) is 9.16. The van der Waals surface area contributed by atoms with Gasteiger partial charge in [-0.3, -0.25) is 4.79 Å². The van der Waals surface area contributed by atoms with Crippen LogP contribution in [0, 0.1) is 0 Å². The minimum Gasteiger partial charge on any atom is -0.506 e. The Morgan fingerprint density at radius 1 is 1.29 bits per heavy atom. The minimum atomic E-state index is 0. The van der Waals surface area contributed by atoms with E-state index < -0.39 is 0 Å². The lowest BCUT2D eigenvalue weighted by Gasteiger charge is -2.01. The molecule has 0 amide bonds. The molecule has 0 bridgehead atoms. The summed E-state index contributed by atoms with van der Waals surface area (Å²) >= 11 is 0. The highest BCUT2D eigenvalue weighted by molar-refractivity contribution is 5.68. The van der Waals surface area contributed by atoms with E-state index in [0.29, 0.717) is 12.0 Å². The molecule has 0 saturated heterocycles. The van der Waals surface area contributed by atoms with E-state index in [-0.39, 0.29) is 19.0 Å². The van der Waals surface area contributed by atoms with Crippen molar-refractivity contribution in [2.24, 2.45) is 0 Å². The molecule has 5 nitrogen and oxygen atoms in total. The molecule has 1 aromatic carbocycles. The zero-order valence-corrected chi connectivity index (χ0v) is 9.16. The summed E-state index contributed by atoms with van der Waals surface area (Å²) in [5, 5.41) is 13.3. The Kier molecular flexibility index (Phi) is 6.25. The summed E-state index contributed by atoms with van der Waals surface area (Å²) in [6.45, 7) is 4.00. The van der Waals surface area contributed by atoms with Crippen molar-refractivity contribution in [3.63, 3.8) is 0 Å². The number of rotatable bonds is 2. The van der Waals surface area contributed by atoms with Crippen LogP contribution in [-0.4, -0.2) is 26.2 Å². The third kappa shape index (κ3) is 3.41. The first-order valence-electron chi connectivity index (χ1n) is 4.96. The Bertz CT molecular complexity index is 466. The van der Waals surface area contributed by atoms with Crippen LogP contribution in [0.15, 0.2) is 30.6 Å². The first kappa shape index (κ1) is 14.8. The van der Waals surface area contributed by atoms with Crippen LogP contribution < -0.4 is 0 Å². The second-order valence-corrected chi connectivity index (χ2v) is 2.65. The molecule has 0 unspecified atom stereocenters. The number of hydrogen-bond acceptors (Lipinski definition) is 4. The van der Waals surface area contributed by atoms with Crippen molar-refractivity contribution >= 4 is 6.29 Å². The van der Waals surface area contributed by atoms with Gasteiger partial charge in [-0.2, -0.15) is 0 Å². The average molecular weight is 235 g/mol. The van der Waals surface area contributed by atoms with Crippen LogP contribution in [0.5, 0.6) is 5.75 Å². The van der Waals surface area contributed by atoms with Gasteiger partial charge in [-0.1, -0.05) is 33.4 Å². The molecule has 0 aliphatic heterocycles. The number of aromatic hydroxyl groups is 1. The fourth-order valence-corrected chi connectivity index (χ4v) is 1.10. The average Bonchev–Trinajstić information content (AvgIpc) is 2.81. The predicted molar refractivity (Wildman–Crippen MR) is 66.5 cm³/mol. The summed E-state index contributed by atoms with van der Waals surface area (Å²) in [5.74, 6) is 0.183. The van der Waals surface area contributed by atoms with Crippen LogP contribution >= 0.6 is 0 Å². The summed E-state index contributed by atoms with van der Waals surface area (Å²) in [4.78, 5) is 14.1. The van der Waals surface area contributed by atoms with Gasteiger partial charge in [-0.05, 0) is 12.1 Å². The van der Waals surface area contributed by atoms with Gasteiger partial charge in [0, 0.05) is 0 Å². The molecule has 0 fully saturated rings. The van der Waals surface area contributed by atoms with Crippen LogP contribution in [-0.2, 0) is 0 Å². The monoisotopic (exact) mass is 235 g/mol. The molecule has 2 rings (SSSR count). The van der Waals surface area contributed by atoms with Crippen LogP contribution in [0.4, 0.5) is 0 Å². The molecule has 92 valence electrons. The molecular weight excluding hydrogens is 218 g/mol. The second-order valence-electron chi connectivity index (χ2n) is 2.65. The number of para-hydroxylation sites is 2. The van der Waals surface area contributed by atoms with Gasteiger partial charge in [0.15, 0.2) is 6.29 Å². The largest absolute Gasteiger partial charge is 0.506 e. The molecule has 5 heteroatoms. The van der Waals surface area contributed by atoms with Gasteiger partial charge < -0.3 is 5.11 Å². The summed E-state index contributed by atoms with van der Waals surface area (Å²) in [6, 6.07) is 6.68. The number of carbonyl (C=O) groups excluding carboxylic acids is 1. The lowest BCUT2D eigenvalue weighted by Crippen LogP contribution is -1.95. The van der Waals surface area contributed by atoms with Crippen molar-refractivity contribution in [1.29, 1.82) is 0 Å². The standard InChI is InChI=1S/C9H7N3O2.C2H6.CH4/c13-5-9-10-6-12(11-9)7-3-1-2-4-8(7)14;1-2;/h1-6,14H;1-2H3;1H4. The Labute approximate surface area is 101 Å². The molecule has 0 saturated carbocycles. The van der Waals surface area contributed by atoms with Gasteiger partial charge in [0.05, 0.1) is 0 Å². The van der Waals surface area contributed by atoms with Crippen molar-refractivity contribution in [3.05, 3.63) is 36.4 Å². The van der Waals surface area contributed by atoms with Gasteiger partial charge in [0.2, 0.25) is 5.82 Å². The number of hydrogen-bond donors (Lipinski definition) is 1. The number of phenolic OH excluding ortho intramolecular Hbond substituents is 1. The number of aromatic nitrogens is 3. The van der Waals surface area contributed by atoms with Crippen LogP contribution in [0.3, 0.4) is 0 Å². The van der Waals surface area contributed by atoms with Crippen molar-refractivity contribution in [2.75, 3.05) is 0 Å². The Balaban J connectivity index is 0.000000811. The number of aldehydes is 1. The van der Waals surface area contributed by atoms with Crippen molar-refractivity contribution in [1.82, 2.24) is 14.8 Å². The highest BCUT2D eigenvalue weighted by atomic mass is 16.3. The molecule has 2 aromatic rings. The van der Waals surface area contributed by atoms with Crippen LogP contribution in [0.25, 0.3) is 5.69 Å². The van der Waals surface area contributed by atoms with E-state index >= 15 is 0 Å². The third-order valence-electron chi connectivity index (χ3n) is 1.74. The Morgan fingerprint density at radius 2 is 1.94 bits per heavy atom. The summed E-state index contributed by atoms with van der Waals surface area (Å²) in [5.41, 5.74) is 0.494. The normalized spacial score (nSPS) is 8.59. The summed E-state index contributed by atoms with van der Waals surface area (Å²) < 4.78 is 1.35. The fourth-order valence-electron chi connectivity index (χ4n) is 1.10. The van der Waals surface area contributed by atoms with Gasteiger partial charge >= 0.3 is 0 Å². The highest BCUT2D eigenvalue weighted by Gasteiger charge is 2.04. The molecular formula is C12H17N3O2. The SMILES string of the molecule is C.CC.O=Cc1ncn(-c2ccccc2O)n1. The topological polar surface area (TPSA) is 68.0 Å². The summed E-state index contributed by atoms with van der Waals surface area (Å²) in [7, 11) is 0. The molecule has 1 heterocycles. The van der Waals surface area contributed by atoms with E-state index in [9.17, 15) is 9.90 Å². The lowest BCUT2D eigenvalue weighted by atomic mass is 10.3. The predicted octanol–water partition coefficient (Wildman–Crippen LogP) is 2.45. The highest BCUT2D eigenvalue weighted by Crippen LogP contribution is 2.18. The molecule has 0 radical (unpaired) electrons. The molecule has 1 aromatic heterocycles. The smallest absolute Gasteiger partial charge is 0.214 e. The van der Waals surface area contributed by atoms with E-state index in [2.05, 4.69) is 10.1 Å². The molecule has 0 spiro atoms. The Morgan fingerprint density at radius 3 is 2.47 bits per heavy atom. The van der Waals surface area contributed by atoms with E-state index in [1.807, 2.05) is 13.8 Å². The second kappa shape index (κ2) is 7.16. The Hall–Kier alpha value is -2.17. The molecule has 1 N–H and O–H groups in total. The first-order valence-corrected chi connectivity index (χ1v) is 4.96. The molecule has 0 aliphatic rings. The molecule has 17 heavy (non-hydrogen) atoms. The van der Waals surface area contributed by atoms with Crippen LogP contribution in [0.1, 0.15) is 31.9 Å². The molecule has 0 aliphatic carbocycles. The fraction of sp³-hybridized carbons (Fsp3) is 0.250. The van der Waals surface area contributed by atoms with Crippen molar-refractivity contribution in [3.8, 4) is 11.4 Å². The maximum Gasteiger partial charge on any atom is 0.214 e. The maximum absolute atomic E-state index is 10.3. The van der Waals surface area contributed by atoms with E-state index in [1.54, 1.807) is 18.2 Å². The quantitative estimate of drug-likeness (QED) is 0.812. The lowest BCUT2D eigenvalue weighted by molar-refractivity contribution is 0.111. The van der Waals surface area contributed by atoms with Gasteiger partial charge in [-0.15, -0.1) is 5.10 Å². The summed E-state index contributed by atoms with van der Waals surface area (Å²) in [6.07, 6.45) is 1.93. The third-order valence-corrected chi connectivity index (χ3v) is 1.74. The van der Waals surface area contributed by atoms with E-state index in [4.69, 9.17) is 0 Å². The maximum atomic E-state index is 10.3. The van der Waals surface area contributed by atoms with Crippen molar-refractivity contribution in [2.45, 2.75) is 21.3 Å². The zero-order chi connectivity index (χ0) is 12.0. The van der Waals surface area contributed by atoms with Crippen molar-refractivity contribution < 1.29 is 9.90 Å². The number of phenols is 1. The minimum absolute atomic E-state index is 0. The number of nitrogens with zero attached hydrogens (tertiary/aromatic N) is 3. The number of carbonyl (C=O) groups is 1. The van der Waals surface area contributed by atoms with Crippen LogP contribution in [0.2, 0.25) is 0 Å². The van der Waals surface area contributed by atoms with Gasteiger partial charge in [-0.25, -0.2) is 9.67 Å². The van der Waals surface area contributed by atoms with Gasteiger partial charge in [0.25, 0.3) is 0 Å². The molecule has 0 atom stereocenters.